The number of halogens is 1. The smallest absolute Gasteiger partial charge is 0.224 e. The molecule has 2 rings (SSSR count). The molecule has 0 fully saturated rings. The van der Waals surface area contributed by atoms with Crippen LogP contribution in [-0.4, -0.2) is 11.7 Å². The molecule has 0 unspecified atom stereocenters. The Morgan fingerprint density at radius 1 is 1.00 bits per heavy atom. The lowest BCUT2D eigenvalue weighted by Gasteiger charge is -2.05. The highest BCUT2D eigenvalue weighted by atomic mass is 19.1. The molecule has 23 heavy (non-hydrogen) atoms. The third-order valence-corrected chi connectivity index (χ3v) is 3.24. The molecule has 0 saturated carbocycles. The number of carbonyl (C=O) groups excluding carboxylic acids is 2. The molecule has 0 aliphatic rings. The van der Waals surface area contributed by atoms with Gasteiger partial charge in [-0.2, -0.15) is 5.26 Å². The highest BCUT2D eigenvalue weighted by molar-refractivity contribution is 5.93. The Labute approximate surface area is 133 Å². The number of Topliss-reactive ketones (excluding diaryl/α,β-unsaturated/α-hetero) is 1. The number of rotatable bonds is 6. The summed E-state index contributed by atoms with van der Waals surface area (Å²) >= 11 is 0. The van der Waals surface area contributed by atoms with Crippen molar-refractivity contribution in [3.63, 3.8) is 0 Å². The predicted molar refractivity (Wildman–Crippen MR) is 84.1 cm³/mol. The van der Waals surface area contributed by atoms with Crippen LogP contribution in [0.15, 0.2) is 48.5 Å². The fourth-order valence-electron chi connectivity index (χ4n) is 2.02. The molecule has 2 aromatic rings. The fraction of sp³-hybridized carbons (Fsp3) is 0.167. The summed E-state index contributed by atoms with van der Waals surface area (Å²) in [6, 6.07) is 14.2. The van der Waals surface area contributed by atoms with Crippen LogP contribution in [0.25, 0.3) is 0 Å². The summed E-state index contributed by atoms with van der Waals surface area (Å²) in [7, 11) is 0. The zero-order chi connectivity index (χ0) is 16.7. The van der Waals surface area contributed by atoms with Gasteiger partial charge in [0.1, 0.15) is 11.6 Å². The number of nitrogens with one attached hydrogen (secondary N) is 1. The van der Waals surface area contributed by atoms with Crippen LogP contribution in [0.3, 0.4) is 0 Å². The number of benzene rings is 2. The number of carbonyl (C=O) groups is 2. The number of amides is 1. The third kappa shape index (κ3) is 5.36. The molecular weight excluding hydrogens is 295 g/mol. The second-order valence-corrected chi connectivity index (χ2v) is 5.08. The fourth-order valence-corrected chi connectivity index (χ4v) is 2.02. The highest BCUT2D eigenvalue weighted by Gasteiger charge is 2.08. The molecule has 0 aliphatic heterocycles. The van der Waals surface area contributed by atoms with Crippen LogP contribution in [0.1, 0.15) is 24.0 Å². The Kier molecular flexibility index (Phi) is 5.59. The Morgan fingerprint density at radius 3 is 2.26 bits per heavy atom. The second-order valence-electron chi connectivity index (χ2n) is 5.08. The number of ketones is 1. The largest absolute Gasteiger partial charge is 0.326 e. The van der Waals surface area contributed by atoms with Gasteiger partial charge >= 0.3 is 0 Å². The van der Waals surface area contributed by atoms with Crippen molar-refractivity contribution < 1.29 is 14.0 Å². The van der Waals surface area contributed by atoms with E-state index in [2.05, 4.69) is 5.32 Å². The molecule has 1 N–H and O–H groups in total. The van der Waals surface area contributed by atoms with Crippen molar-refractivity contribution in [3.8, 4) is 6.07 Å². The van der Waals surface area contributed by atoms with Crippen LogP contribution in [0.2, 0.25) is 0 Å². The monoisotopic (exact) mass is 310 g/mol. The molecule has 5 heteroatoms. The first kappa shape index (κ1) is 16.4. The van der Waals surface area contributed by atoms with E-state index in [4.69, 9.17) is 5.26 Å². The van der Waals surface area contributed by atoms with Crippen LogP contribution in [0.5, 0.6) is 0 Å². The minimum atomic E-state index is -0.344. The zero-order valence-electron chi connectivity index (χ0n) is 12.4. The second kappa shape index (κ2) is 7.85. The van der Waals surface area contributed by atoms with E-state index in [0.29, 0.717) is 11.3 Å². The van der Waals surface area contributed by atoms with E-state index >= 15 is 0 Å². The van der Waals surface area contributed by atoms with Crippen molar-refractivity contribution in [2.24, 2.45) is 0 Å². The van der Waals surface area contributed by atoms with Crippen molar-refractivity contribution in [1.82, 2.24) is 0 Å². The Bertz CT molecular complexity index is 731. The first-order valence-corrected chi connectivity index (χ1v) is 7.13. The number of nitriles is 1. The molecule has 4 nitrogen and oxygen atoms in total. The van der Waals surface area contributed by atoms with Crippen LogP contribution in [0, 0.1) is 17.1 Å². The van der Waals surface area contributed by atoms with Crippen molar-refractivity contribution in [2.75, 3.05) is 5.32 Å². The van der Waals surface area contributed by atoms with Gasteiger partial charge < -0.3 is 5.32 Å². The van der Waals surface area contributed by atoms with Crippen molar-refractivity contribution >= 4 is 17.4 Å². The molecule has 0 bridgehead atoms. The quantitative estimate of drug-likeness (QED) is 0.890. The number of anilines is 1. The van der Waals surface area contributed by atoms with Gasteiger partial charge in [-0.1, -0.05) is 12.1 Å². The van der Waals surface area contributed by atoms with Gasteiger partial charge in [-0.3, -0.25) is 9.59 Å². The van der Waals surface area contributed by atoms with Crippen molar-refractivity contribution in [3.05, 3.63) is 65.5 Å². The van der Waals surface area contributed by atoms with E-state index in [1.54, 1.807) is 36.4 Å². The third-order valence-electron chi connectivity index (χ3n) is 3.24. The van der Waals surface area contributed by atoms with Crippen LogP contribution in [-0.2, 0) is 16.0 Å². The van der Waals surface area contributed by atoms with Gasteiger partial charge in [-0.25, -0.2) is 4.39 Å². The summed E-state index contributed by atoms with van der Waals surface area (Å²) in [6.07, 6.45) is 0.393. The molecule has 0 radical (unpaired) electrons. The molecule has 0 aliphatic carbocycles. The lowest BCUT2D eigenvalue weighted by atomic mass is 10.1. The first-order valence-electron chi connectivity index (χ1n) is 7.13. The lowest BCUT2D eigenvalue weighted by Crippen LogP contribution is -2.14. The average Bonchev–Trinajstić information content (AvgIpc) is 2.56. The minimum absolute atomic E-state index is 0.0772. The number of hydrogen-bond acceptors (Lipinski definition) is 3. The van der Waals surface area contributed by atoms with E-state index in [0.717, 1.165) is 5.56 Å². The zero-order valence-corrected chi connectivity index (χ0v) is 12.4. The van der Waals surface area contributed by atoms with Gasteiger partial charge in [0.15, 0.2) is 0 Å². The van der Waals surface area contributed by atoms with Crippen LogP contribution in [0.4, 0.5) is 10.1 Å². The van der Waals surface area contributed by atoms with E-state index in [1.165, 1.54) is 12.1 Å². The highest BCUT2D eigenvalue weighted by Crippen LogP contribution is 2.10. The van der Waals surface area contributed by atoms with Crippen molar-refractivity contribution in [1.29, 1.82) is 5.26 Å². The summed E-state index contributed by atoms with van der Waals surface area (Å²) in [5, 5.41) is 11.4. The van der Waals surface area contributed by atoms with Crippen LogP contribution >= 0.6 is 0 Å². The summed E-state index contributed by atoms with van der Waals surface area (Å²) in [5.41, 5.74) is 1.82. The lowest BCUT2D eigenvalue weighted by molar-refractivity contribution is -0.122. The van der Waals surface area contributed by atoms with Gasteiger partial charge in [0.25, 0.3) is 0 Å². The van der Waals surface area contributed by atoms with Gasteiger partial charge in [-0.15, -0.1) is 0 Å². The molecule has 0 atom stereocenters. The van der Waals surface area contributed by atoms with E-state index in [-0.39, 0.29) is 36.8 Å². The molecule has 0 aromatic heterocycles. The first-order chi connectivity index (χ1) is 11.1. The number of hydrogen-bond donors (Lipinski definition) is 1. The SMILES string of the molecule is N#Cc1ccc(NC(=O)CCC(=O)Cc2ccc(F)cc2)cc1. The van der Waals surface area contributed by atoms with Gasteiger partial charge in [0.05, 0.1) is 11.6 Å². The topological polar surface area (TPSA) is 70.0 Å². The maximum atomic E-state index is 12.8. The summed E-state index contributed by atoms with van der Waals surface area (Å²) in [5.74, 6) is -0.684. The molecule has 1 amide bonds. The van der Waals surface area contributed by atoms with Crippen LogP contribution < -0.4 is 5.32 Å². The maximum absolute atomic E-state index is 12.8. The molecule has 0 spiro atoms. The summed E-state index contributed by atoms with van der Waals surface area (Å²) in [4.78, 5) is 23.6. The van der Waals surface area contributed by atoms with Gasteiger partial charge in [0, 0.05) is 24.9 Å². The minimum Gasteiger partial charge on any atom is -0.326 e. The van der Waals surface area contributed by atoms with E-state index in [9.17, 15) is 14.0 Å². The molecule has 2 aromatic carbocycles. The molecular formula is C18H15FN2O2. The number of nitrogens with zero attached hydrogens (tertiary/aromatic N) is 1. The summed E-state index contributed by atoms with van der Waals surface area (Å²) < 4.78 is 12.8. The average molecular weight is 310 g/mol. The Morgan fingerprint density at radius 2 is 1.65 bits per heavy atom. The maximum Gasteiger partial charge on any atom is 0.224 e. The molecule has 116 valence electrons. The molecule has 0 saturated heterocycles. The Hall–Kier alpha value is -3.00. The predicted octanol–water partition coefficient (Wildman–Crippen LogP) is 3.23. The van der Waals surface area contributed by atoms with Gasteiger partial charge in [-0.05, 0) is 42.0 Å². The van der Waals surface area contributed by atoms with E-state index < -0.39 is 0 Å². The standard InChI is InChI=1S/C18H15FN2O2/c19-15-5-1-13(2-6-15)11-17(22)9-10-18(23)21-16-7-3-14(12-20)4-8-16/h1-8H,9-11H2,(H,21,23). The van der Waals surface area contributed by atoms with E-state index in [1.807, 2.05) is 6.07 Å². The normalized spacial score (nSPS) is 9.91. The Balaban J connectivity index is 1.78. The molecule has 0 heterocycles. The van der Waals surface area contributed by atoms with Crippen molar-refractivity contribution in [2.45, 2.75) is 19.3 Å². The summed E-state index contributed by atoms with van der Waals surface area (Å²) in [6.45, 7) is 0. The van der Waals surface area contributed by atoms with Gasteiger partial charge in [0.2, 0.25) is 5.91 Å².